The molecule has 0 unspecified atom stereocenters. The van der Waals surface area contributed by atoms with Gasteiger partial charge in [0.25, 0.3) is 0 Å². The summed E-state index contributed by atoms with van der Waals surface area (Å²) in [4.78, 5) is 13.3. The molecule has 2 aromatic rings. The van der Waals surface area contributed by atoms with Crippen LogP contribution in [0.1, 0.15) is 12.7 Å². The second-order valence-electron chi connectivity index (χ2n) is 5.72. The van der Waals surface area contributed by atoms with Gasteiger partial charge in [-0.1, -0.05) is 0 Å². The lowest BCUT2D eigenvalue weighted by Crippen LogP contribution is -2.37. The SMILES string of the molecule is CC(=O)N(CCNS(=O)(=O)c1ccc2c(c1)OCCO2)Cc1ccco1. The first-order chi connectivity index (χ1) is 12.5. The number of hydrogen-bond donors (Lipinski definition) is 1. The average Bonchev–Trinajstić information content (AvgIpc) is 3.13. The second-order valence-corrected chi connectivity index (χ2v) is 7.49. The normalized spacial score (nSPS) is 13.4. The summed E-state index contributed by atoms with van der Waals surface area (Å²) < 4.78 is 43.4. The van der Waals surface area contributed by atoms with Crippen LogP contribution in [0, 0.1) is 0 Å². The maximum absolute atomic E-state index is 12.5. The maximum Gasteiger partial charge on any atom is 0.240 e. The molecule has 0 aliphatic carbocycles. The Bertz CT molecular complexity index is 863. The summed E-state index contributed by atoms with van der Waals surface area (Å²) in [6, 6.07) is 7.96. The quantitative estimate of drug-likeness (QED) is 0.779. The van der Waals surface area contributed by atoms with E-state index in [2.05, 4.69) is 4.72 Å². The van der Waals surface area contributed by atoms with Gasteiger partial charge in [-0.25, -0.2) is 13.1 Å². The molecule has 1 aliphatic heterocycles. The highest BCUT2D eigenvalue weighted by atomic mass is 32.2. The molecule has 8 nitrogen and oxygen atoms in total. The molecule has 1 aromatic carbocycles. The molecule has 0 radical (unpaired) electrons. The first-order valence-corrected chi connectivity index (χ1v) is 9.61. The Kier molecular flexibility index (Phi) is 5.48. The van der Waals surface area contributed by atoms with Gasteiger partial charge in [-0.05, 0) is 24.3 Å². The highest BCUT2D eigenvalue weighted by Gasteiger charge is 2.20. The van der Waals surface area contributed by atoms with Crippen LogP contribution < -0.4 is 14.2 Å². The number of fused-ring (bicyclic) bond motifs is 1. The Hall–Kier alpha value is -2.52. The number of carbonyl (C=O) groups excluding carboxylic acids is 1. The lowest BCUT2D eigenvalue weighted by atomic mass is 10.3. The Morgan fingerprint density at radius 1 is 1.19 bits per heavy atom. The minimum absolute atomic E-state index is 0.0804. The highest BCUT2D eigenvalue weighted by Crippen LogP contribution is 2.32. The minimum atomic E-state index is -3.72. The third-order valence-corrected chi connectivity index (χ3v) is 5.33. The van der Waals surface area contributed by atoms with Crippen LogP contribution in [0.15, 0.2) is 45.9 Å². The van der Waals surface area contributed by atoms with Crippen molar-refractivity contribution < 1.29 is 27.1 Å². The summed E-state index contributed by atoms with van der Waals surface area (Å²) >= 11 is 0. The lowest BCUT2D eigenvalue weighted by Gasteiger charge is -2.21. The molecule has 0 fully saturated rings. The van der Waals surface area contributed by atoms with E-state index in [0.717, 1.165) is 0 Å². The summed E-state index contributed by atoms with van der Waals surface area (Å²) in [5.41, 5.74) is 0. The summed E-state index contributed by atoms with van der Waals surface area (Å²) in [5.74, 6) is 1.40. The highest BCUT2D eigenvalue weighted by molar-refractivity contribution is 7.89. The van der Waals surface area contributed by atoms with E-state index in [-0.39, 0.29) is 30.4 Å². The van der Waals surface area contributed by atoms with Crippen molar-refractivity contribution in [3.63, 3.8) is 0 Å². The van der Waals surface area contributed by atoms with Crippen molar-refractivity contribution in [1.29, 1.82) is 0 Å². The third-order valence-electron chi connectivity index (χ3n) is 3.87. The number of sulfonamides is 1. The molecule has 3 rings (SSSR count). The van der Waals surface area contributed by atoms with Crippen molar-refractivity contribution in [2.75, 3.05) is 26.3 Å². The second kappa shape index (κ2) is 7.79. The largest absolute Gasteiger partial charge is 0.486 e. The summed E-state index contributed by atoms with van der Waals surface area (Å²) in [5, 5.41) is 0. The number of carbonyl (C=O) groups is 1. The molecule has 0 bridgehead atoms. The molecule has 9 heteroatoms. The molecule has 0 atom stereocenters. The van der Waals surface area contributed by atoms with Crippen LogP contribution >= 0.6 is 0 Å². The molecule has 26 heavy (non-hydrogen) atoms. The summed E-state index contributed by atoms with van der Waals surface area (Å²) in [6.45, 7) is 2.83. The molecule has 1 N–H and O–H groups in total. The van der Waals surface area contributed by atoms with E-state index in [1.54, 1.807) is 18.2 Å². The van der Waals surface area contributed by atoms with Crippen molar-refractivity contribution in [2.45, 2.75) is 18.4 Å². The van der Waals surface area contributed by atoms with Crippen molar-refractivity contribution in [3.8, 4) is 11.5 Å². The zero-order chi connectivity index (χ0) is 18.6. The first kappa shape index (κ1) is 18.3. The van der Waals surface area contributed by atoms with E-state index >= 15 is 0 Å². The van der Waals surface area contributed by atoms with Crippen LogP contribution in [0.2, 0.25) is 0 Å². The fraction of sp³-hybridized carbons (Fsp3) is 0.353. The van der Waals surface area contributed by atoms with Crippen molar-refractivity contribution >= 4 is 15.9 Å². The Morgan fingerprint density at radius 2 is 1.96 bits per heavy atom. The molecule has 2 heterocycles. The van der Waals surface area contributed by atoms with Crippen molar-refractivity contribution in [3.05, 3.63) is 42.4 Å². The maximum atomic E-state index is 12.5. The van der Waals surface area contributed by atoms with Crippen LogP contribution in [-0.2, 0) is 21.4 Å². The minimum Gasteiger partial charge on any atom is -0.486 e. The number of nitrogens with one attached hydrogen (secondary N) is 1. The lowest BCUT2D eigenvalue weighted by molar-refractivity contribution is -0.129. The summed E-state index contributed by atoms with van der Waals surface area (Å²) in [6.07, 6.45) is 1.53. The van der Waals surface area contributed by atoms with E-state index in [4.69, 9.17) is 13.9 Å². The van der Waals surface area contributed by atoms with Gasteiger partial charge in [0.1, 0.15) is 19.0 Å². The fourth-order valence-corrected chi connectivity index (χ4v) is 3.56. The Labute approximate surface area is 151 Å². The van der Waals surface area contributed by atoms with Gasteiger partial charge in [0.15, 0.2) is 11.5 Å². The van der Waals surface area contributed by atoms with Gasteiger partial charge in [-0.2, -0.15) is 0 Å². The zero-order valence-corrected chi connectivity index (χ0v) is 15.1. The van der Waals surface area contributed by atoms with Crippen molar-refractivity contribution in [1.82, 2.24) is 9.62 Å². The van der Waals surface area contributed by atoms with Gasteiger partial charge in [-0.3, -0.25) is 4.79 Å². The van der Waals surface area contributed by atoms with Crippen molar-refractivity contribution in [2.24, 2.45) is 0 Å². The summed E-state index contributed by atoms with van der Waals surface area (Å²) in [7, 11) is -3.72. The topological polar surface area (TPSA) is 98.1 Å². The van der Waals surface area contributed by atoms with Crippen LogP contribution in [0.4, 0.5) is 0 Å². The zero-order valence-electron chi connectivity index (χ0n) is 14.3. The fourth-order valence-electron chi connectivity index (χ4n) is 2.53. The van der Waals surface area contributed by atoms with Crippen LogP contribution in [0.25, 0.3) is 0 Å². The van der Waals surface area contributed by atoms with Crippen LogP contribution in [-0.4, -0.2) is 45.5 Å². The number of hydrogen-bond acceptors (Lipinski definition) is 6. The first-order valence-electron chi connectivity index (χ1n) is 8.13. The van der Waals surface area contributed by atoms with Crippen LogP contribution in [0.3, 0.4) is 0 Å². The molecular weight excluding hydrogens is 360 g/mol. The molecule has 140 valence electrons. The van der Waals surface area contributed by atoms with E-state index in [1.807, 2.05) is 0 Å². The van der Waals surface area contributed by atoms with Gasteiger partial charge in [-0.15, -0.1) is 0 Å². The number of ether oxygens (including phenoxy) is 2. The number of benzene rings is 1. The third kappa shape index (κ3) is 4.36. The smallest absolute Gasteiger partial charge is 0.240 e. The van der Waals surface area contributed by atoms with Gasteiger partial charge < -0.3 is 18.8 Å². The standard InChI is InChI=1S/C17H20N2O6S/c1-13(20)19(12-14-3-2-8-23-14)7-6-18-26(21,22)15-4-5-16-17(11-15)25-10-9-24-16/h2-5,8,11,18H,6-7,9-10,12H2,1H3. The predicted molar refractivity (Wildman–Crippen MR) is 92.4 cm³/mol. The average molecular weight is 380 g/mol. The van der Waals surface area contributed by atoms with E-state index in [9.17, 15) is 13.2 Å². The number of furan rings is 1. The molecular formula is C17H20N2O6S. The van der Waals surface area contributed by atoms with Crippen LogP contribution in [0.5, 0.6) is 11.5 Å². The number of rotatable bonds is 7. The van der Waals surface area contributed by atoms with Gasteiger partial charge in [0, 0.05) is 26.1 Å². The molecule has 0 saturated heterocycles. The predicted octanol–water partition coefficient (Wildman–Crippen LogP) is 1.38. The van der Waals surface area contributed by atoms with Gasteiger partial charge >= 0.3 is 0 Å². The molecule has 0 spiro atoms. The molecule has 1 aromatic heterocycles. The van der Waals surface area contributed by atoms with E-state index < -0.39 is 10.0 Å². The van der Waals surface area contributed by atoms with Gasteiger partial charge in [0.05, 0.1) is 17.7 Å². The monoisotopic (exact) mass is 380 g/mol. The molecule has 1 amide bonds. The molecule has 0 saturated carbocycles. The van der Waals surface area contributed by atoms with E-state index in [1.165, 1.54) is 30.2 Å². The Morgan fingerprint density at radius 3 is 2.65 bits per heavy atom. The van der Waals surface area contributed by atoms with E-state index in [0.29, 0.717) is 30.5 Å². The van der Waals surface area contributed by atoms with Gasteiger partial charge in [0.2, 0.25) is 15.9 Å². The Balaban J connectivity index is 1.61. The molecule has 1 aliphatic rings. The number of nitrogens with zero attached hydrogens (tertiary/aromatic N) is 1. The number of amides is 1.